The van der Waals surface area contributed by atoms with E-state index in [9.17, 15) is 0 Å². The molecule has 12 heavy (non-hydrogen) atoms. The van der Waals surface area contributed by atoms with Gasteiger partial charge < -0.3 is 9.84 Å². The van der Waals surface area contributed by atoms with Crippen LogP contribution in [0.2, 0.25) is 0 Å². The van der Waals surface area contributed by atoms with Gasteiger partial charge in [0.05, 0.1) is 13.7 Å². The van der Waals surface area contributed by atoms with E-state index in [0.29, 0.717) is 5.75 Å². The highest BCUT2D eigenvalue weighted by Gasteiger charge is 2.07. The zero-order valence-electron chi connectivity index (χ0n) is 6.47. The Kier molecular flexibility index (Phi) is 3.55. The molecule has 0 aromatic heterocycles. The smallest absolute Gasteiger partial charge is 0.126 e. The van der Waals surface area contributed by atoms with Crippen molar-refractivity contribution in [2.75, 3.05) is 7.11 Å². The van der Waals surface area contributed by atoms with Gasteiger partial charge in [0.1, 0.15) is 5.75 Å². The third kappa shape index (κ3) is 2.00. The zero-order chi connectivity index (χ0) is 9.14. The van der Waals surface area contributed by atoms with E-state index in [4.69, 9.17) is 9.84 Å². The standard InChI is InChI=1S/C8H8Br2O2/c1-12-8-3-5(9)2-7(10)6(8)4-11/h2-3,11H,4H2,1H3. The second-order valence-electron chi connectivity index (χ2n) is 2.23. The molecule has 0 spiro atoms. The topological polar surface area (TPSA) is 29.5 Å². The van der Waals surface area contributed by atoms with Crippen LogP contribution in [0.1, 0.15) is 5.56 Å². The van der Waals surface area contributed by atoms with Crippen LogP contribution in [0.25, 0.3) is 0 Å². The Labute approximate surface area is 87.8 Å². The van der Waals surface area contributed by atoms with Crippen LogP contribution >= 0.6 is 31.9 Å². The molecule has 0 atom stereocenters. The second kappa shape index (κ2) is 4.25. The van der Waals surface area contributed by atoms with Crippen LogP contribution in [0.3, 0.4) is 0 Å². The molecule has 1 aromatic rings. The second-order valence-corrected chi connectivity index (χ2v) is 4.00. The molecule has 2 nitrogen and oxygen atoms in total. The molecule has 0 unspecified atom stereocenters. The Balaban J connectivity index is 3.24. The summed E-state index contributed by atoms with van der Waals surface area (Å²) in [6, 6.07) is 3.68. The van der Waals surface area contributed by atoms with Gasteiger partial charge >= 0.3 is 0 Å². The Morgan fingerprint density at radius 1 is 1.42 bits per heavy atom. The average molecular weight is 296 g/mol. The van der Waals surface area contributed by atoms with Crippen LogP contribution in [-0.4, -0.2) is 12.2 Å². The number of aliphatic hydroxyl groups is 1. The van der Waals surface area contributed by atoms with Crippen molar-refractivity contribution in [3.63, 3.8) is 0 Å². The quantitative estimate of drug-likeness (QED) is 0.909. The number of hydrogen-bond acceptors (Lipinski definition) is 2. The van der Waals surface area contributed by atoms with Gasteiger partial charge in [-0.3, -0.25) is 0 Å². The SMILES string of the molecule is COc1cc(Br)cc(Br)c1CO. The number of rotatable bonds is 2. The third-order valence-corrected chi connectivity index (χ3v) is 2.66. The number of benzene rings is 1. The Hall–Kier alpha value is -0.0600. The van der Waals surface area contributed by atoms with Crippen molar-refractivity contribution >= 4 is 31.9 Å². The highest BCUT2D eigenvalue weighted by molar-refractivity contribution is 9.11. The van der Waals surface area contributed by atoms with Crippen LogP contribution < -0.4 is 4.74 Å². The molecular weight excluding hydrogens is 288 g/mol. The van der Waals surface area contributed by atoms with Crippen molar-refractivity contribution in [2.24, 2.45) is 0 Å². The van der Waals surface area contributed by atoms with Gasteiger partial charge in [0.25, 0.3) is 0 Å². The lowest BCUT2D eigenvalue weighted by Gasteiger charge is -2.08. The van der Waals surface area contributed by atoms with E-state index in [-0.39, 0.29) is 6.61 Å². The molecule has 0 aliphatic heterocycles. The lowest BCUT2D eigenvalue weighted by atomic mass is 10.2. The van der Waals surface area contributed by atoms with E-state index in [2.05, 4.69) is 31.9 Å². The van der Waals surface area contributed by atoms with Crippen LogP contribution in [0.5, 0.6) is 5.75 Å². The molecule has 1 aromatic carbocycles. The highest BCUT2D eigenvalue weighted by Crippen LogP contribution is 2.30. The normalized spacial score (nSPS) is 10.0. The van der Waals surface area contributed by atoms with E-state index >= 15 is 0 Å². The summed E-state index contributed by atoms with van der Waals surface area (Å²) >= 11 is 6.65. The first kappa shape index (κ1) is 10.0. The number of methoxy groups -OCH3 is 1. The fraction of sp³-hybridized carbons (Fsp3) is 0.250. The average Bonchev–Trinajstić information content (AvgIpc) is 2.03. The first-order valence-corrected chi connectivity index (χ1v) is 4.90. The fourth-order valence-electron chi connectivity index (χ4n) is 0.915. The van der Waals surface area contributed by atoms with Crippen LogP contribution in [0.4, 0.5) is 0 Å². The van der Waals surface area contributed by atoms with Gasteiger partial charge in [0.2, 0.25) is 0 Å². The maximum Gasteiger partial charge on any atom is 0.126 e. The van der Waals surface area contributed by atoms with E-state index in [1.165, 1.54) is 0 Å². The molecule has 0 radical (unpaired) electrons. The summed E-state index contributed by atoms with van der Waals surface area (Å²) in [5.41, 5.74) is 0.765. The molecule has 0 aliphatic carbocycles. The predicted molar refractivity (Wildman–Crippen MR) is 54.3 cm³/mol. The molecule has 0 saturated carbocycles. The number of ether oxygens (including phenoxy) is 1. The minimum absolute atomic E-state index is 0.0307. The number of aliphatic hydroxyl groups excluding tert-OH is 1. The summed E-state index contributed by atoms with van der Waals surface area (Å²) in [5, 5.41) is 9.00. The van der Waals surface area contributed by atoms with Gasteiger partial charge in [-0.15, -0.1) is 0 Å². The summed E-state index contributed by atoms with van der Waals surface area (Å²) in [6.07, 6.45) is 0. The largest absolute Gasteiger partial charge is 0.496 e. The van der Waals surface area contributed by atoms with Crippen molar-refractivity contribution in [1.29, 1.82) is 0 Å². The fourth-order valence-corrected chi connectivity index (χ4v) is 2.23. The molecule has 0 aliphatic rings. The molecule has 0 amide bonds. The van der Waals surface area contributed by atoms with Gasteiger partial charge in [-0.1, -0.05) is 31.9 Å². The van der Waals surface area contributed by atoms with E-state index in [1.807, 2.05) is 12.1 Å². The Bertz CT molecular complexity index is 287. The minimum Gasteiger partial charge on any atom is -0.496 e. The number of hydrogen-bond donors (Lipinski definition) is 1. The van der Waals surface area contributed by atoms with E-state index in [0.717, 1.165) is 14.5 Å². The Morgan fingerprint density at radius 2 is 2.08 bits per heavy atom. The van der Waals surface area contributed by atoms with Gasteiger partial charge in [0, 0.05) is 14.5 Å². The molecule has 0 bridgehead atoms. The van der Waals surface area contributed by atoms with Gasteiger partial charge in [0.15, 0.2) is 0 Å². The molecule has 4 heteroatoms. The molecule has 0 saturated heterocycles. The zero-order valence-corrected chi connectivity index (χ0v) is 9.65. The van der Waals surface area contributed by atoms with Crippen molar-refractivity contribution in [3.05, 3.63) is 26.6 Å². The van der Waals surface area contributed by atoms with Crippen LogP contribution in [0.15, 0.2) is 21.1 Å². The molecule has 66 valence electrons. The lowest BCUT2D eigenvalue weighted by Crippen LogP contribution is -1.93. The monoisotopic (exact) mass is 294 g/mol. The predicted octanol–water partition coefficient (Wildman–Crippen LogP) is 2.71. The molecule has 0 fully saturated rings. The molecule has 1 N–H and O–H groups in total. The van der Waals surface area contributed by atoms with Crippen molar-refractivity contribution in [2.45, 2.75) is 6.61 Å². The molecular formula is C8H8Br2O2. The third-order valence-electron chi connectivity index (χ3n) is 1.50. The van der Waals surface area contributed by atoms with Crippen molar-refractivity contribution in [3.8, 4) is 5.75 Å². The van der Waals surface area contributed by atoms with Crippen molar-refractivity contribution < 1.29 is 9.84 Å². The summed E-state index contributed by atoms with van der Waals surface area (Å²) < 4.78 is 6.84. The molecule has 0 heterocycles. The van der Waals surface area contributed by atoms with E-state index < -0.39 is 0 Å². The van der Waals surface area contributed by atoms with Crippen molar-refractivity contribution in [1.82, 2.24) is 0 Å². The summed E-state index contributed by atoms with van der Waals surface area (Å²) in [7, 11) is 1.58. The maximum atomic E-state index is 9.00. The lowest BCUT2D eigenvalue weighted by molar-refractivity contribution is 0.273. The maximum absolute atomic E-state index is 9.00. The van der Waals surface area contributed by atoms with Crippen LogP contribution in [0, 0.1) is 0 Å². The first-order chi connectivity index (χ1) is 5.69. The minimum atomic E-state index is -0.0307. The summed E-state index contributed by atoms with van der Waals surface area (Å²) in [6.45, 7) is -0.0307. The first-order valence-electron chi connectivity index (χ1n) is 3.31. The van der Waals surface area contributed by atoms with Gasteiger partial charge in [-0.2, -0.15) is 0 Å². The van der Waals surface area contributed by atoms with Gasteiger partial charge in [-0.05, 0) is 12.1 Å². The highest BCUT2D eigenvalue weighted by atomic mass is 79.9. The van der Waals surface area contributed by atoms with Gasteiger partial charge in [-0.25, -0.2) is 0 Å². The summed E-state index contributed by atoms with van der Waals surface area (Å²) in [4.78, 5) is 0. The number of halogens is 2. The van der Waals surface area contributed by atoms with Crippen LogP contribution in [-0.2, 0) is 6.61 Å². The van der Waals surface area contributed by atoms with E-state index in [1.54, 1.807) is 7.11 Å². The molecule has 1 rings (SSSR count). The summed E-state index contributed by atoms with van der Waals surface area (Å²) in [5.74, 6) is 0.679. The Morgan fingerprint density at radius 3 is 2.58 bits per heavy atom.